The minimum absolute atomic E-state index is 0.182. The first kappa shape index (κ1) is 9.45. The standard InChI is InChI=1S/C11H11FN2O2/c1-11-5-8(13-10(15)14-11)6-3-2-4-7(12)9(6)16-11/h2-4,8H,5H2,1H3,(H2,13,14,15)/t8-,11+/m0/s1. The maximum atomic E-state index is 13.6. The second kappa shape index (κ2) is 2.87. The molecule has 2 N–H and O–H groups in total. The van der Waals surface area contributed by atoms with E-state index in [-0.39, 0.29) is 17.8 Å². The van der Waals surface area contributed by atoms with Crippen LogP contribution in [0.5, 0.6) is 5.75 Å². The summed E-state index contributed by atoms with van der Waals surface area (Å²) in [5.41, 5.74) is -0.116. The van der Waals surface area contributed by atoms with Gasteiger partial charge in [-0.3, -0.25) is 0 Å². The molecule has 2 atom stereocenters. The summed E-state index contributed by atoms with van der Waals surface area (Å²) in [4.78, 5) is 11.4. The van der Waals surface area contributed by atoms with Gasteiger partial charge in [-0.1, -0.05) is 12.1 Å². The number of carbonyl (C=O) groups is 1. The van der Waals surface area contributed by atoms with E-state index in [0.29, 0.717) is 12.0 Å². The van der Waals surface area contributed by atoms with Crippen LogP contribution in [-0.2, 0) is 0 Å². The zero-order valence-corrected chi connectivity index (χ0v) is 8.71. The van der Waals surface area contributed by atoms with Gasteiger partial charge < -0.3 is 15.4 Å². The van der Waals surface area contributed by atoms with Gasteiger partial charge in [-0.15, -0.1) is 0 Å². The normalized spacial score (nSPS) is 30.9. The first-order valence-electron chi connectivity index (χ1n) is 5.13. The third-order valence-corrected chi connectivity index (χ3v) is 2.98. The average Bonchev–Trinajstić information content (AvgIpc) is 2.18. The second-order valence-electron chi connectivity index (χ2n) is 4.35. The number of fused-ring (bicyclic) bond motifs is 4. The number of amides is 2. The number of hydrogen-bond acceptors (Lipinski definition) is 2. The number of rotatable bonds is 0. The largest absolute Gasteiger partial charge is 0.465 e. The van der Waals surface area contributed by atoms with Gasteiger partial charge in [-0.25, -0.2) is 9.18 Å². The highest BCUT2D eigenvalue weighted by molar-refractivity contribution is 5.77. The summed E-state index contributed by atoms with van der Waals surface area (Å²) < 4.78 is 19.1. The van der Waals surface area contributed by atoms with Crippen LogP contribution < -0.4 is 15.4 Å². The minimum Gasteiger partial charge on any atom is -0.465 e. The molecule has 2 amide bonds. The SMILES string of the molecule is C[C@@]12C[C@H](NC(=O)N1)c1cccc(F)c1O2. The van der Waals surface area contributed by atoms with Crippen LogP contribution in [0, 0.1) is 5.82 Å². The smallest absolute Gasteiger partial charge is 0.318 e. The maximum absolute atomic E-state index is 13.6. The highest BCUT2D eigenvalue weighted by atomic mass is 19.1. The lowest BCUT2D eigenvalue weighted by molar-refractivity contribution is 0.00807. The molecule has 1 fully saturated rings. The van der Waals surface area contributed by atoms with Gasteiger partial charge in [0.1, 0.15) is 0 Å². The summed E-state index contributed by atoms with van der Waals surface area (Å²) in [5, 5.41) is 5.41. The maximum Gasteiger partial charge on any atom is 0.318 e. The molecular weight excluding hydrogens is 211 g/mol. The van der Waals surface area contributed by atoms with E-state index in [0.717, 1.165) is 0 Å². The van der Waals surface area contributed by atoms with Gasteiger partial charge in [0, 0.05) is 12.0 Å². The minimum atomic E-state index is -0.817. The van der Waals surface area contributed by atoms with Crippen LogP contribution in [0.3, 0.4) is 0 Å². The molecule has 0 aliphatic carbocycles. The second-order valence-corrected chi connectivity index (χ2v) is 4.35. The topological polar surface area (TPSA) is 50.4 Å². The summed E-state index contributed by atoms with van der Waals surface area (Å²) in [5.74, 6) is -0.167. The third kappa shape index (κ3) is 1.24. The van der Waals surface area contributed by atoms with Gasteiger partial charge in [-0.05, 0) is 13.0 Å². The third-order valence-electron chi connectivity index (χ3n) is 2.98. The molecule has 3 rings (SSSR count). The Morgan fingerprint density at radius 2 is 2.38 bits per heavy atom. The van der Waals surface area contributed by atoms with E-state index in [9.17, 15) is 9.18 Å². The number of nitrogens with one attached hydrogen (secondary N) is 2. The summed E-state index contributed by atoms with van der Waals surface area (Å²) in [6.07, 6.45) is 0.592. The molecule has 2 bridgehead atoms. The predicted molar refractivity (Wildman–Crippen MR) is 54.5 cm³/mol. The molecule has 16 heavy (non-hydrogen) atoms. The Bertz CT molecular complexity index is 477. The van der Waals surface area contributed by atoms with Crippen molar-refractivity contribution in [1.82, 2.24) is 10.6 Å². The molecule has 84 valence electrons. The van der Waals surface area contributed by atoms with Crippen molar-refractivity contribution in [3.05, 3.63) is 29.6 Å². The predicted octanol–water partition coefficient (Wildman–Crippen LogP) is 1.68. The lowest BCUT2D eigenvalue weighted by atomic mass is 9.92. The van der Waals surface area contributed by atoms with Gasteiger partial charge in [0.2, 0.25) is 0 Å². The first-order chi connectivity index (χ1) is 7.57. The summed E-state index contributed by atoms with van der Waals surface area (Å²) in [7, 11) is 0. The molecule has 0 unspecified atom stereocenters. The first-order valence-corrected chi connectivity index (χ1v) is 5.13. The van der Waals surface area contributed by atoms with Crippen molar-refractivity contribution < 1.29 is 13.9 Å². The number of urea groups is 1. The van der Waals surface area contributed by atoms with Gasteiger partial charge in [-0.2, -0.15) is 0 Å². The number of halogens is 1. The molecule has 2 heterocycles. The number of para-hydroxylation sites is 1. The van der Waals surface area contributed by atoms with E-state index >= 15 is 0 Å². The Morgan fingerprint density at radius 3 is 3.19 bits per heavy atom. The molecule has 4 nitrogen and oxygen atoms in total. The van der Waals surface area contributed by atoms with Crippen molar-refractivity contribution in [1.29, 1.82) is 0 Å². The Morgan fingerprint density at radius 1 is 1.56 bits per heavy atom. The lowest BCUT2D eigenvalue weighted by Gasteiger charge is -2.44. The van der Waals surface area contributed by atoms with E-state index in [1.165, 1.54) is 6.07 Å². The lowest BCUT2D eigenvalue weighted by Crippen LogP contribution is -2.62. The summed E-state index contributed by atoms with van der Waals surface area (Å²) >= 11 is 0. The van der Waals surface area contributed by atoms with E-state index in [1.54, 1.807) is 19.1 Å². The molecular formula is C11H11FN2O2. The zero-order valence-electron chi connectivity index (χ0n) is 8.71. The van der Waals surface area contributed by atoms with Crippen molar-refractivity contribution in [3.8, 4) is 5.75 Å². The van der Waals surface area contributed by atoms with Crippen LogP contribution in [0.4, 0.5) is 9.18 Å². The van der Waals surface area contributed by atoms with Gasteiger partial charge >= 0.3 is 6.03 Å². The van der Waals surface area contributed by atoms with Crippen LogP contribution in [0.1, 0.15) is 24.9 Å². The number of hydrogen-bond donors (Lipinski definition) is 2. The van der Waals surface area contributed by atoms with E-state index in [4.69, 9.17) is 4.74 Å². The van der Waals surface area contributed by atoms with Crippen molar-refractivity contribution in [2.45, 2.75) is 25.1 Å². The molecule has 1 aromatic rings. The van der Waals surface area contributed by atoms with Crippen LogP contribution in [0.25, 0.3) is 0 Å². The van der Waals surface area contributed by atoms with Crippen LogP contribution >= 0.6 is 0 Å². The van der Waals surface area contributed by atoms with Gasteiger partial charge in [0.05, 0.1) is 6.04 Å². The van der Waals surface area contributed by atoms with Crippen LogP contribution in [0.15, 0.2) is 18.2 Å². The molecule has 2 aliphatic rings. The quantitative estimate of drug-likeness (QED) is 0.701. The van der Waals surface area contributed by atoms with Crippen LogP contribution in [-0.4, -0.2) is 11.8 Å². The summed E-state index contributed by atoms with van der Waals surface area (Å²) in [6.45, 7) is 1.74. The number of benzene rings is 1. The van der Waals surface area contributed by atoms with Crippen molar-refractivity contribution in [2.24, 2.45) is 0 Å². The highest BCUT2D eigenvalue weighted by Crippen LogP contribution is 2.41. The monoisotopic (exact) mass is 222 g/mol. The zero-order chi connectivity index (χ0) is 11.3. The Hall–Kier alpha value is -1.78. The Kier molecular flexibility index (Phi) is 1.70. The van der Waals surface area contributed by atoms with Gasteiger partial charge in [0.15, 0.2) is 17.3 Å². The van der Waals surface area contributed by atoms with E-state index in [1.807, 2.05) is 0 Å². The van der Waals surface area contributed by atoms with Crippen molar-refractivity contribution in [3.63, 3.8) is 0 Å². The fourth-order valence-electron chi connectivity index (χ4n) is 2.31. The van der Waals surface area contributed by atoms with Crippen LogP contribution in [0.2, 0.25) is 0 Å². The van der Waals surface area contributed by atoms with Crippen molar-refractivity contribution in [2.75, 3.05) is 0 Å². The molecule has 0 saturated carbocycles. The fraction of sp³-hybridized carbons (Fsp3) is 0.364. The molecule has 0 radical (unpaired) electrons. The number of carbonyl (C=O) groups excluding carboxylic acids is 1. The Balaban J connectivity index is 2.14. The Labute approximate surface area is 91.8 Å². The molecule has 2 aliphatic heterocycles. The number of ether oxygens (including phenoxy) is 1. The highest BCUT2D eigenvalue weighted by Gasteiger charge is 2.44. The molecule has 1 aromatic carbocycles. The van der Waals surface area contributed by atoms with E-state index in [2.05, 4.69) is 10.6 Å². The molecule has 5 heteroatoms. The van der Waals surface area contributed by atoms with E-state index < -0.39 is 11.5 Å². The molecule has 1 saturated heterocycles. The van der Waals surface area contributed by atoms with Gasteiger partial charge in [0.25, 0.3) is 0 Å². The fourth-order valence-corrected chi connectivity index (χ4v) is 2.31. The average molecular weight is 222 g/mol. The van der Waals surface area contributed by atoms with Crippen molar-refractivity contribution >= 4 is 6.03 Å². The molecule has 0 spiro atoms. The molecule has 0 aromatic heterocycles. The summed E-state index contributed by atoms with van der Waals surface area (Å²) in [6, 6.07) is 4.28.